The van der Waals surface area contributed by atoms with Crippen LogP contribution >= 0.6 is 35.0 Å². The van der Waals surface area contributed by atoms with Gasteiger partial charge in [-0.1, -0.05) is 54.4 Å². The molecule has 1 unspecified atom stereocenters. The van der Waals surface area contributed by atoms with Gasteiger partial charge in [-0.15, -0.1) is 11.8 Å². The molecule has 4 rings (SSSR count). The lowest BCUT2D eigenvalue weighted by Crippen LogP contribution is -2.46. The van der Waals surface area contributed by atoms with Gasteiger partial charge in [0.1, 0.15) is 5.82 Å². The Balaban J connectivity index is 1.54. The number of methoxy groups -OCH3 is 1. The van der Waals surface area contributed by atoms with E-state index in [-0.39, 0.29) is 10.7 Å². The zero-order valence-corrected chi connectivity index (χ0v) is 23.0. The van der Waals surface area contributed by atoms with Crippen molar-refractivity contribution in [2.75, 3.05) is 37.8 Å². The Morgan fingerprint density at radius 1 is 1.19 bits per heavy atom. The molecule has 9 heteroatoms. The number of hydrogen-bond acceptors (Lipinski definition) is 6. The number of rotatable bonds is 8. The number of carbonyl (C=O) groups is 1. The molecule has 0 radical (unpaired) electrons. The van der Waals surface area contributed by atoms with E-state index in [1.807, 2.05) is 53.9 Å². The van der Waals surface area contributed by atoms with Crippen LogP contribution in [0.15, 0.2) is 48.5 Å². The highest BCUT2D eigenvalue weighted by Gasteiger charge is 2.35. The number of hydrogen-bond donors (Lipinski definition) is 1. The van der Waals surface area contributed by atoms with Crippen LogP contribution in [-0.4, -0.2) is 53.3 Å². The molecule has 36 heavy (non-hydrogen) atoms. The Bertz CT molecular complexity index is 1240. The Hall–Kier alpha value is -2.48. The van der Waals surface area contributed by atoms with E-state index in [1.54, 1.807) is 13.2 Å². The summed E-state index contributed by atoms with van der Waals surface area (Å²) in [5.41, 5.74) is 3.92. The standard InChI is InChI=1S/C27H30Cl2N4O2S/c1-4-25(34)33-12-13-36-27(2,17-33)20-7-5-6-19(14-20)23-16-24(32-26(31-23)35-3)30-11-10-18-8-9-21(28)15-22(18)29/h5-9,14-16H,4,10-13,17H2,1-3H3,(H,30,31,32). The first-order valence-corrected chi connectivity index (χ1v) is 13.7. The molecule has 1 atom stereocenters. The van der Waals surface area contributed by atoms with Gasteiger partial charge in [0.25, 0.3) is 0 Å². The summed E-state index contributed by atoms with van der Waals surface area (Å²) in [5.74, 6) is 1.79. The summed E-state index contributed by atoms with van der Waals surface area (Å²) in [5, 5.41) is 4.63. The average Bonchev–Trinajstić information content (AvgIpc) is 2.89. The second-order valence-corrected chi connectivity index (χ2v) is 11.3. The highest BCUT2D eigenvalue weighted by molar-refractivity contribution is 8.00. The van der Waals surface area contributed by atoms with Gasteiger partial charge in [0.15, 0.2) is 0 Å². The molecular formula is C27H30Cl2N4O2S. The molecule has 1 aromatic heterocycles. The van der Waals surface area contributed by atoms with Crippen LogP contribution in [0.4, 0.5) is 5.82 Å². The van der Waals surface area contributed by atoms with Gasteiger partial charge in [-0.25, -0.2) is 0 Å². The third-order valence-corrected chi connectivity index (χ3v) is 8.28. The minimum Gasteiger partial charge on any atom is -0.467 e. The molecule has 0 saturated carbocycles. The van der Waals surface area contributed by atoms with Crippen LogP contribution in [0.1, 0.15) is 31.4 Å². The normalized spacial score (nSPS) is 17.6. The highest BCUT2D eigenvalue weighted by Crippen LogP contribution is 2.41. The van der Waals surface area contributed by atoms with Crippen LogP contribution in [0.3, 0.4) is 0 Å². The van der Waals surface area contributed by atoms with Gasteiger partial charge in [0, 0.05) is 53.5 Å². The van der Waals surface area contributed by atoms with Crippen molar-refractivity contribution in [1.29, 1.82) is 0 Å². The number of ether oxygens (including phenoxy) is 1. The Labute approximate surface area is 226 Å². The second-order valence-electron chi connectivity index (χ2n) is 8.87. The van der Waals surface area contributed by atoms with E-state index < -0.39 is 0 Å². The summed E-state index contributed by atoms with van der Waals surface area (Å²) in [6, 6.07) is 16.1. The molecule has 1 amide bonds. The number of nitrogens with zero attached hydrogens (tertiary/aromatic N) is 3. The minimum absolute atomic E-state index is 0.185. The number of carbonyl (C=O) groups excluding carboxylic acids is 1. The van der Waals surface area contributed by atoms with Crippen molar-refractivity contribution < 1.29 is 9.53 Å². The lowest BCUT2D eigenvalue weighted by atomic mass is 9.96. The van der Waals surface area contributed by atoms with Crippen molar-refractivity contribution in [3.05, 3.63) is 69.7 Å². The topological polar surface area (TPSA) is 67.4 Å². The highest BCUT2D eigenvalue weighted by atomic mass is 35.5. The molecule has 6 nitrogen and oxygen atoms in total. The lowest BCUT2D eigenvalue weighted by Gasteiger charge is -2.40. The summed E-state index contributed by atoms with van der Waals surface area (Å²) >= 11 is 14.2. The maximum atomic E-state index is 12.4. The molecule has 1 aliphatic rings. The summed E-state index contributed by atoms with van der Waals surface area (Å²) in [4.78, 5) is 23.4. The zero-order chi connectivity index (χ0) is 25.7. The predicted molar refractivity (Wildman–Crippen MR) is 149 cm³/mol. The number of nitrogens with one attached hydrogen (secondary N) is 1. The SMILES string of the molecule is CCC(=O)N1CCSC(C)(c2cccc(-c3cc(NCCc4ccc(Cl)cc4Cl)nc(OC)n3)c2)C1. The lowest BCUT2D eigenvalue weighted by molar-refractivity contribution is -0.131. The quantitative estimate of drug-likeness (QED) is 0.358. The van der Waals surface area contributed by atoms with E-state index in [0.29, 0.717) is 41.4 Å². The number of amides is 1. The van der Waals surface area contributed by atoms with Crippen molar-refractivity contribution in [3.8, 4) is 17.3 Å². The fraction of sp³-hybridized carbons (Fsp3) is 0.370. The van der Waals surface area contributed by atoms with Crippen molar-refractivity contribution in [2.45, 2.75) is 31.4 Å². The molecule has 2 aromatic carbocycles. The van der Waals surface area contributed by atoms with E-state index in [4.69, 9.17) is 27.9 Å². The van der Waals surface area contributed by atoms with Crippen LogP contribution < -0.4 is 10.1 Å². The van der Waals surface area contributed by atoms with Crippen molar-refractivity contribution in [3.63, 3.8) is 0 Å². The molecule has 1 fully saturated rings. The van der Waals surface area contributed by atoms with Gasteiger partial charge in [0.2, 0.25) is 5.91 Å². The van der Waals surface area contributed by atoms with Crippen molar-refractivity contribution >= 4 is 46.7 Å². The van der Waals surface area contributed by atoms with Gasteiger partial charge in [-0.05, 0) is 42.7 Å². The first kappa shape index (κ1) is 26.6. The average molecular weight is 546 g/mol. The third-order valence-electron chi connectivity index (χ3n) is 6.30. The van der Waals surface area contributed by atoms with E-state index >= 15 is 0 Å². The second kappa shape index (κ2) is 11.7. The van der Waals surface area contributed by atoms with Crippen LogP contribution in [0, 0.1) is 0 Å². The molecule has 190 valence electrons. The Morgan fingerprint density at radius 2 is 2.03 bits per heavy atom. The van der Waals surface area contributed by atoms with Gasteiger partial charge in [-0.2, -0.15) is 9.97 Å². The van der Waals surface area contributed by atoms with E-state index in [9.17, 15) is 4.79 Å². The minimum atomic E-state index is -0.185. The van der Waals surface area contributed by atoms with Gasteiger partial charge in [-0.3, -0.25) is 4.79 Å². The van der Waals surface area contributed by atoms with E-state index in [1.165, 1.54) is 5.56 Å². The zero-order valence-electron chi connectivity index (χ0n) is 20.7. The molecule has 0 aliphatic carbocycles. The Morgan fingerprint density at radius 3 is 2.78 bits per heavy atom. The predicted octanol–water partition coefficient (Wildman–Crippen LogP) is 6.31. The molecule has 0 spiro atoms. The molecule has 0 bridgehead atoms. The maximum Gasteiger partial charge on any atom is 0.318 e. The molecule has 2 heterocycles. The third kappa shape index (κ3) is 6.25. The van der Waals surface area contributed by atoms with Gasteiger partial charge < -0.3 is 15.0 Å². The van der Waals surface area contributed by atoms with Crippen molar-refractivity contribution in [1.82, 2.24) is 14.9 Å². The fourth-order valence-corrected chi connectivity index (χ4v) is 6.10. The monoisotopic (exact) mass is 544 g/mol. The van der Waals surface area contributed by atoms with Crippen LogP contribution in [0.5, 0.6) is 6.01 Å². The summed E-state index contributed by atoms with van der Waals surface area (Å²) in [6.07, 6.45) is 1.25. The van der Waals surface area contributed by atoms with Gasteiger partial charge in [0.05, 0.1) is 17.6 Å². The molecule has 1 aliphatic heterocycles. The first-order valence-electron chi connectivity index (χ1n) is 11.9. The Kier molecular flexibility index (Phi) is 8.65. The molecule has 1 saturated heterocycles. The smallest absolute Gasteiger partial charge is 0.318 e. The number of thioether (sulfide) groups is 1. The van der Waals surface area contributed by atoms with Crippen LogP contribution in [0.25, 0.3) is 11.3 Å². The van der Waals surface area contributed by atoms with Crippen molar-refractivity contribution in [2.24, 2.45) is 0 Å². The molecular weight excluding hydrogens is 515 g/mol. The van der Waals surface area contributed by atoms with E-state index in [2.05, 4.69) is 34.3 Å². The van der Waals surface area contributed by atoms with Crippen LogP contribution in [-0.2, 0) is 16.0 Å². The number of benzene rings is 2. The summed E-state index contributed by atoms with van der Waals surface area (Å²) in [6.45, 7) is 6.26. The fourth-order valence-electron chi connectivity index (χ4n) is 4.29. The molecule has 3 aromatic rings. The van der Waals surface area contributed by atoms with E-state index in [0.717, 1.165) is 35.5 Å². The number of aromatic nitrogens is 2. The van der Waals surface area contributed by atoms with Gasteiger partial charge >= 0.3 is 6.01 Å². The number of halogens is 2. The number of anilines is 1. The summed E-state index contributed by atoms with van der Waals surface area (Å²) < 4.78 is 5.20. The first-order chi connectivity index (χ1) is 17.3. The summed E-state index contributed by atoms with van der Waals surface area (Å²) in [7, 11) is 1.56. The maximum absolute atomic E-state index is 12.4. The largest absolute Gasteiger partial charge is 0.467 e. The molecule has 1 N–H and O–H groups in total. The van der Waals surface area contributed by atoms with Crippen LogP contribution in [0.2, 0.25) is 10.0 Å².